The summed E-state index contributed by atoms with van der Waals surface area (Å²) >= 11 is 1.55. The Morgan fingerprint density at radius 3 is 2.63 bits per heavy atom. The molecule has 1 N–H and O–H groups in total. The second-order valence-electron chi connectivity index (χ2n) is 10.7. The summed E-state index contributed by atoms with van der Waals surface area (Å²) < 4.78 is 26.2. The number of hydrogen-bond acceptors (Lipinski definition) is 7. The van der Waals surface area contributed by atoms with E-state index in [1.165, 1.54) is 6.07 Å². The summed E-state index contributed by atoms with van der Waals surface area (Å²) in [5.41, 5.74) is 5.65. The van der Waals surface area contributed by atoms with Gasteiger partial charge in [0.2, 0.25) is 0 Å². The van der Waals surface area contributed by atoms with Gasteiger partial charge in [0.1, 0.15) is 11.3 Å². The zero-order valence-electron chi connectivity index (χ0n) is 22.2. The molecule has 1 unspecified atom stereocenters. The molecule has 1 aliphatic heterocycles. The molecule has 1 saturated heterocycles. The molecule has 0 aliphatic carbocycles. The molecule has 0 amide bonds. The predicted molar refractivity (Wildman–Crippen MR) is 146 cm³/mol. The Bertz CT molecular complexity index is 1640. The molecule has 38 heavy (non-hydrogen) atoms. The van der Waals surface area contributed by atoms with Gasteiger partial charge in [-0.2, -0.15) is 0 Å². The van der Waals surface area contributed by atoms with Gasteiger partial charge in [-0.1, -0.05) is 5.21 Å². The van der Waals surface area contributed by atoms with Crippen molar-refractivity contribution in [2.24, 2.45) is 13.0 Å². The highest BCUT2D eigenvalue weighted by Crippen LogP contribution is 2.47. The lowest BCUT2D eigenvalue weighted by molar-refractivity contribution is 0.0542. The highest BCUT2D eigenvalue weighted by Gasteiger charge is 2.35. The van der Waals surface area contributed by atoms with Gasteiger partial charge in [-0.25, -0.2) is 9.07 Å². The minimum Gasteiger partial charge on any atom is -0.385 e. The fourth-order valence-electron chi connectivity index (χ4n) is 5.95. The molecule has 198 valence electrons. The maximum Gasteiger partial charge on any atom is 0.146 e. The van der Waals surface area contributed by atoms with E-state index < -0.39 is 5.60 Å². The van der Waals surface area contributed by atoms with Gasteiger partial charge in [-0.15, -0.1) is 16.4 Å². The zero-order chi connectivity index (χ0) is 26.8. The average molecular weight is 535 g/mol. The van der Waals surface area contributed by atoms with E-state index in [0.717, 1.165) is 61.5 Å². The van der Waals surface area contributed by atoms with Crippen LogP contribution in [0.1, 0.15) is 54.6 Å². The number of thiophene rings is 1. The number of pyridine rings is 2. The summed E-state index contributed by atoms with van der Waals surface area (Å²) in [4.78, 5) is 10.4. The summed E-state index contributed by atoms with van der Waals surface area (Å²) in [6, 6.07) is 4.85. The Morgan fingerprint density at radius 1 is 1.21 bits per heavy atom. The molecular formula is C28H31FN6O2S. The maximum atomic E-state index is 15.5. The number of aromatic nitrogens is 6. The third-order valence-electron chi connectivity index (χ3n) is 7.58. The van der Waals surface area contributed by atoms with E-state index in [1.54, 1.807) is 42.1 Å². The molecule has 0 saturated carbocycles. The van der Waals surface area contributed by atoms with Crippen LogP contribution in [0.2, 0.25) is 0 Å². The first-order chi connectivity index (χ1) is 18.2. The highest BCUT2D eigenvalue weighted by molar-refractivity contribution is 7.20. The summed E-state index contributed by atoms with van der Waals surface area (Å²) in [5.74, 6) is -0.217. The normalized spacial score (nSPS) is 16.1. The first-order valence-corrected chi connectivity index (χ1v) is 13.7. The van der Waals surface area contributed by atoms with Crippen LogP contribution in [0.25, 0.3) is 32.5 Å². The van der Waals surface area contributed by atoms with Crippen LogP contribution in [-0.2, 0) is 17.4 Å². The quantitative estimate of drug-likeness (QED) is 0.323. The Balaban J connectivity index is 1.72. The lowest BCUT2D eigenvalue weighted by atomic mass is 9.88. The second kappa shape index (κ2) is 9.21. The first-order valence-electron chi connectivity index (χ1n) is 12.9. The van der Waals surface area contributed by atoms with Crippen molar-refractivity contribution in [3.63, 3.8) is 0 Å². The van der Waals surface area contributed by atoms with Gasteiger partial charge in [0.15, 0.2) is 0 Å². The monoisotopic (exact) mass is 534 g/mol. The number of fused-ring (bicyclic) bond motifs is 3. The van der Waals surface area contributed by atoms with Gasteiger partial charge in [-0.3, -0.25) is 9.97 Å². The second-order valence-corrected chi connectivity index (χ2v) is 11.7. The van der Waals surface area contributed by atoms with Gasteiger partial charge >= 0.3 is 0 Å². The number of nitrogens with zero attached hydrogens (tertiary/aromatic N) is 6. The van der Waals surface area contributed by atoms with E-state index >= 15 is 4.39 Å². The fraction of sp³-hybridized carbons (Fsp3) is 0.429. The molecule has 6 rings (SSSR count). The average Bonchev–Trinajstić information content (AvgIpc) is 3.52. The largest absolute Gasteiger partial charge is 0.385 e. The van der Waals surface area contributed by atoms with Gasteiger partial charge in [0.25, 0.3) is 0 Å². The van der Waals surface area contributed by atoms with Gasteiger partial charge < -0.3 is 14.4 Å². The van der Waals surface area contributed by atoms with Crippen molar-refractivity contribution >= 4 is 32.6 Å². The van der Waals surface area contributed by atoms with Crippen molar-refractivity contribution in [1.82, 2.24) is 29.5 Å². The molecule has 1 atom stereocenters. The van der Waals surface area contributed by atoms with Gasteiger partial charge in [-0.05, 0) is 70.2 Å². The molecule has 5 aromatic rings. The van der Waals surface area contributed by atoms with Crippen LogP contribution >= 0.6 is 11.3 Å². The van der Waals surface area contributed by atoms with Crippen molar-refractivity contribution in [3.05, 3.63) is 58.2 Å². The number of aryl methyl sites for hydroxylation is 3. The third kappa shape index (κ3) is 3.93. The summed E-state index contributed by atoms with van der Waals surface area (Å²) in [6.45, 7) is 8.81. The van der Waals surface area contributed by atoms with E-state index in [4.69, 9.17) is 9.72 Å². The van der Waals surface area contributed by atoms with E-state index in [9.17, 15) is 5.11 Å². The molecular weight excluding hydrogens is 503 g/mol. The lowest BCUT2D eigenvalue weighted by Crippen LogP contribution is -2.28. The highest BCUT2D eigenvalue weighted by atomic mass is 32.1. The summed E-state index contributed by atoms with van der Waals surface area (Å²) in [7, 11) is 1.87. The van der Waals surface area contributed by atoms with Gasteiger partial charge in [0, 0.05) is 43.1 Å². The van der Waals surface area contributed by atoms with Crippen LogP contribution in [0.3, 0.4) is 0 Å². The number of hydrogen-bond donors (Lipinski definition) is 1. The molecule has 6 heterocycles. The zero-order valence-corrected chi connectivity index (χ0v) is 23.0. The van der Waals surface area contributed by atoms with E-state index in [-0.39, 0.29) is 17.8 Å². The Labute approximate surface area is 224 Å². The number of ether oxygens (including phenoxy) is 1. The van der Waals surface area contributed by atoms with Crippen LogP contribution in [0.4, 0.5) is 4.39 Å². The van der Waals surface area contributed by atoms with Crippen molar-refractivity contribution < 1.29 is 14.2 Å². The standard InChI is InChI=1S/C28H31FN6O2S/c1-15-23-26(38-27(15)28(3,4)36)22-20(13-18(14-31-22)24-16(2)32-33-34(24)5)35(23)25(17-8-11-37-12-9-17)21-19(29)7-6-10-30-21/h6-7,10,13-14,17,25,36H,8-9,11-12H2,1-5H3. The molecule has 8 nitrogen and oxygen atoms in total. The Kier molecular flexibility index (Phi) is 6.08. The van der Waals surface area contributed by atoms with E-state index in [0.29, 0.717) is 18.9 Å². The molecule has 0 bridgehead atoms. The predicted octanol–water partition coefficient (Wildman–Crippen LogP) is 5.44. The topological polar surface area (TPSA) is 90.9 Å². The molecule has 10 heteroatoms. The molecule has 1 aliphatic rings. The number of halogens is 1. The van der Waals surface area contributed by atoms with Crippen molar-refractivity contribution in [1.29, 1.82) is 0 Å². The van der Waals surface area contributed by atoms with Gasteiger partial charge in [0.05, 0.1) is 44.5 Å². The van der Waals surface area contributed by atoms with Crippen LogP contribution in [0, 0.1) is 25.6 Å². The van der Waals surface area contributed by atoms with Crippen LogP contribution in [0.15, 0.2) is 30.6 Å². The van der Waals surface area contributed by atoms with Crippen molar-refractivity contribution in [2.75, 3.05) is 13.2 Å². The SMILES string of the molecule is Cc1nnn(C)c1-c1cnc2c3sc(C(C)(C)O)c(C)c3n(C(c3ncccc3F)C3CCOCC3)c2c1. The number of rotatable bonds is 5. The Hall–Kier alpha value is -3.21. The lowest BCUT2D eigenvalue weighted by Gasteiger charge is -2.32. The fourth-order valence-corrected chi connectivity index (χ4v) is 7.26. The molecule has 1 fully saturated rings. The molecule has 0 radical (unpaired) electrons. The van der Waals surface area contributed by atoms with E-state index in [1.807, 2.05) is 27.1 Å². The van der Waals surface area contributed by atoms with Crippen molar-refractivity contribution in [3.8, 4) is 11.3 Å². The minimum atomic E-state index is -1.02. The third-order valence-corrected chi connectivity index (χ3v) is 9.18. The summed E-state index contributed by atoms with van der Waals surface area (Å²) in [6.07, 6.45) is 5.09. The maximum absolute atomic E-state index is 15.5. The van der Waals surface area contributed by atoms with Crippen molar-refractivity contribution in [2.45, 2.75) is 52.2 Å². The molecule has 0 aromatic carbocycles. The van der Waals surface area contributed by atoms with Crippen LogP contribution in [0.5, 0.6) is 0 Å². The van der Waals surface area contributed by atoms with Crippen LogP contribution in [-0.4, -0.2) is 47.8 Å². The first kappa shape index (κ1) is 25.1. The smallest absolute Gasteiger partial charge is 0.146 e. The molecule has 5 aromatic heterocycles. The Morgan fingerprint density at radius 2 is 1.97 bits per heavy atom. The molecule has 0 spiro atoms. The minimum absolute atomic E-state index is 0.112. The number of aliphatic hydroxyl groups is 1. The van der Waals surface area contributed by atoms with Crippen LogP contribution < -0.4 is 0 Å². The van der Waals surface area contributed by atoms with E-state index in [2.05, 4.69) is 25.9 Å². The summed E-state index contributed by atoms with van der Waals surface area (Å²) in [5, 5.41) is 19.4.